The number of nitrogens with zero attached hydrogens (tertiary/aromatic N) is 5. The first kappa shape index (κ1) is 17.2. The van der Waals surface area contributed by atoms with E-state index in [0.29, 0.717) is 37.4 Å². The van der Waals surface area contributed by atoms with Crippen molar-refractivity contribution in [2.75, 3.05) is 26.2 Å². The van der Waals surface area contributed by atoms with Gasteiger partial charge in [0, 0.05) is 63.3 Å². The normalized spacial score (nSPS) is 18.9. The number of pyridine rings is 1. The van der Waals surface area contributed by atoms with Gasteiger partial charge >= 0.3 is 0 Å². The van der Waals surface area contributed by atoms with E-state index >= 15 is 0 Å². The van der Waals surface area contributed by atoms with Crippen LogP contribution in [0.3, 0.4) is 0 Å². The molecular formula is C17H21N5O3S. The SMILES string of the molecule is Cn1cc(S(=O)(=O)N2CCN(C(=O)C3CC3)CC2)c(-c2ccncc2)n1. The monoisotopic (exact) mass is 375 g/mol. The minimum Gasteiger partial charge on any atom is -0.340 e. The molecule has 0 aromatic carbocycles. The molecule has 26 heavy (non-hydrogen) atoms. The molecule has 9 heteroatoms. The van der Waals surface area contributed by atoms with Crippen LogP contribution >= 0.6 is 0 Å². The van der Waals surface area contributed by atoms with E-state index in [1.165, 1.54) is 15.2 Å². The molecule has 0 bridgehead atoms. The summed E-state index contributed by atoms with van der Waals surface area (Å²) in [7, 11) is -1.98. The Balaban J connectivity index is 1.57. The van der Waals surface area contributed by atoms with Crippen molar-refractivity contribution >= 4 is 15.9 Å². The molecule has 2 aromatic rings. The molecule has 3 heterocycles. The maximum atomic E-state index is 13.2. The van der Waals surface area contributed by atoms with Gasteiger partial charge in [0.05, 0.1) is 0 Å². The molecule has 2 aromatic heterocycles. The van der Waals surface area contributed by atoms with Gasteiger partial charge < -0.3 is 4.90 Å². The first-order chi connectivity index (χ1) is 12.5. The third-order valence-corrected chi connectivity index (χ3v) is 6.74. The zero-order chi connectivity index (χ0) is 18.3. The van der Waals surface area contributed by atoms with Crippen LogP contribution in [0.25, 0.3) is 11.3 Å². The highest BCUT2D eigenvalue weighted by molar-refractivity contribution is 7.89. The molecule has 1 saturated carbocycles. The molecule has 0 unspecified atom stereocenters. The van der Waals surface area contributed by atoms with Gasteiger partial charge in [-0.05, 0) is 25.0 Å². The molecule has 4 rings (SSSR count). The number of aromatic nitrogens is 3. The van der Waals surface area contributed by atoms with E-state index in [0.717, 1.165) is 12.8 Å². The summed E-state index contributed by atoms with van der Waals surface area (Å²) in [4.78, 5) is 18.1. The van der Waals surface area contributed by atoms with Gasteiger partial charge in [0.15, 0.2) is 0 Å². The maximum absolute atomic E-state index is 13.2. The third-order valence-electron chi connectivity index (χ3n) is 4.84. The van der Waals surface area contributed by atoms with E-state index in [4.69, 9.17) is 0 Å². The minimum atomic E-state index is -3.68. The smallest absolute Gasteiger partial charge is 0.246 e. The number of amides is 1. The summed E-state index contributed by atoms with van der Waals surface area (Å²) < 4.78 is 29.3. The van der Waals surface area contributed by atoms with E-state index in [1.54, 1.807) is 36.5 Å². The predicted molar refractivity (Wildman–Crippen MR) is 94.5 cm³/mol. The fourth-order valence-corrected chi connectivity index (χ4v) is 4.85. The second kappa shape index (κ2) is 6.48. The molecule has 8 nitrogen and oxygen atoms in total. The second-order valence-corrected chi connectivity index (χ2v) is 8.66. The highest BCUT2D eigenvalue weighted by atomic mass is 32.2. The van der Waals surface area contributed by atoms with Crippen molar-refractivity contribution < 1.29 is 13.2 Å². The lowest BCUT2D eigenvalue weighted by atomic mass is 10.2. The molecule has 0 atom stereocenters. The molecule has 1 amide bonds. The van der Waals surface area contributed by atoms with Crippen molar-refractivity contribution in [1.82, 2.24) is 24.0 Å². The quantitative estimate of drug-likeness (QED) is 0.786. The van der Waals surface area contributed by atoms with Gasteiger partial charge in [-0.2, -0.15) is 9.40 Å². The third kappa shape index (κ3) is 3.12. The van der Waals surface area contributed by atoms with E-state index in [9.17, 15) is 13.2 Å². The van der Waals surface area contributed by atoms with Gasteiger partial charge in [-0.25, -0.2) is 8.42 Å². The van der Waals surface area contributed by atoms with Crippen LogP contribution < -0.4 is 0 Å². The topological polar surface area (TPSA) is 88.4 Å². The van der Waals surface area contributed by atoms with Crippen LogP contribution in [-0.2, 0) is 21.9 Å². The summed E-state index contributed by atoms with van der Waals surface area (Å²) in [6.45, 7) is 1.51. The first-order valence-electron chi connectivity index (χ1n) is 8.70. The van der Waals surface area contributed by atoms with E-state index in [1.807, 2.05) is 0 Å². The van der Waals surface area contributed by atoms with Gasteiger partial charge in [-0.3, -0.25) is 14.5 Å². The number of aryl methyl sites for hydroxylation is 1. The number of carbonyl (C=O) groups is 1. The van der Waals surface area contributed by atoms with Crippen LogP contribution in [0.2, 0.25) is 0 Å². The molecule has 1 aliphatic carbocycles. The Morgan fingerprint density at radius 1 is 1.12 bits per heavy atom. The van der Waals surface area contributed by atoms with E-state index < -0.39 is 10.0 Å². The van der Waals surface area contributed by atoms with Crippen LogP contribution in [0.4, 0.5) is 0 Å². The van der Waals surface area contributed by atoms with Crippen LogP contribution in [-0.4, -0.2) is 64.5 Å². The van der Waals surface area contributed by atoms with Gasteiger partial charge in [-0.1, -0.05) is 0 Å². The fraction of sp³-hybridized carbons (Fsp3) is 0.471. The Morgan fingerprint density at radius 3 is 2.38 bits per heavy atom. The average Bonchev–Trinajstić information content (AvgIpc) is 3.43. The average molecular weight is 375 g/mol. The Kier molecular flexibility index (Phi) is 4.28. The number of piperazine rings is 1. The standard InChI is InChI=1S/C17H21N5O3S/c1-20-12-15(16(19-20)13-4-6-18-7-5-13)26(24,25)22-10-8-21(9-11-22)17(23)14-2-3-14/h4-7,12,14H,2-3,8-11H2,1H3. The summed E-state index contributed by atoms with van der Waals surface area (Å²) in [5, 5.41) is 4.34. The van der Waals surface area contributed by atoms with Crippen LogP contribution in [0.15, 0.2) is 35.6 Å². The molecule has 1 saturated heterocycles. The molecule has 2 aliphatic rings. The molecule has 0 spiro atoms. The second-order valence-electron chi connectivity index (χ2n) is 6.76. The lowest BCUT2D eigenvalue weighted by Gasteiger charge is -2.34. The zero-order valence-corrected chi connectivity index (χ0v) is 15.4. The Hall–Kier alpha value is -2.26. The molecule has 0 N–H and O–H groups in total. The van der Waals surface area contributed by atoms with Gasteiger partial charge in [0.25, 0.3) is 0 Å². The first-order valence-corrected chi connectivity index (χ1v) is 10.1. The van der Waals surface area contributed by atoms with Crippen molar-refractivity contribution in [2.24, 2.45) is 13.0 Å². The summed E-state index contributed by atoms with van der Waals surface area (Å²) >= 11 is 0. The van der Waals surface area contributed by atoms with Crippen molar-refractivity contribution in [3.05, 3.63) is 30.7 Å². The van der Waals surface area contributed by atoms with E-state index in [2.05, 4.69) is 10.1 Å². The summed E-state index contributed by atoms with van der Waals surface area (Å²) in [6, 6.07) is 3.49. The molecule has 0 radical (unpaired) electrons. The number of carbonyl (C=O) groups excluding carboxylic acids is 1. The highest BCUT2D eigenvalue weighted by Crippen LogP contribution is 2.32. The van der Waals surface area contributed by atoms with Crippen LogP contribution in [0, 0.1) is 5.92 Å². The summed E-state index contributed by atoms with van der Waals surface area (Å²) in [5.74, 6) is 0.329. The predicted octanol–water partition coefficient (Wildman–Crippen LogP) is 0.725. The number of hydrogen-bond donors (Lipinski definition) is 0. The number of rotatable bonds is 4. The number of sulfonamides is 1. The van der Waals surface area contributed by atoms with Crippen molar-refractivity contribution in [2.45, 2.75) is 17.7 Å². The van der Waals surface area contributed by atoms with Crippen LogP contribution in [0.5, 0.6) is 0 Å². The Morgan fingerprint density at radius 2 is 1.77 bits per heavy atom. The minimum absolute atomic E-state index is 0.162. The lowest BCUT2D eigenvalue weighted by molar-refractivity contribution is -0.133. The van der Waals surface area contributed by atoms with Crippen LogP contribution in [0.1, 0.15) is 12.8 Å². The van der Waals surface area contributed by atoms with Gasteiger partial charge in [0.2, 0.25) is 15.9 Å². The Labute approximate surface area is 152 Å². The fourth-order valence-electron chi connectivity index (χ4n) is 3.24. The van der Waals surface area contributed by atoms with E-state index in [-0.39, 0.29) is 16.7 Å². The van der Waals surface area contributed by atoms with Crippen molar-refractivity contribution in [1.29, 1.82) is 0 Å². The largest absolute Gasteiger partial charge is 0.340 e. The zero-order valence-electron chi connectivity index (χ0n) is 14.6. The lowest BCUT2D eigenvalue weighted by Crippen LogP contribution is -2.50. The Bertz CT molecular complexity index is 913. The van der Waals surface area contributed by atoms with Crippen molar-refractivity contribution in [3.63, 3.8) is 0 Å². The molecule has 1 aliphatic heterocycles. The maximum Gasteiger partial charge on any atom is 0.246 e. The molecule has 2 fully saturated rings. The molecule has 138 valence electrons. The number of hydrogen-bond acceptors (Lipinski definition) is 5. The summed E-state index contributed by atoms with van der Waals surface area (Å²) in [5.41, 5.74) is 1.13. The van der Waals surface area contributed by atoms with Gasteiger partial charge in [-0.15, -0.1) is 0 Å². The molecular weight excluding hydrogens is 354 g/mol. The van der Waals surface area contributed by atoms with Crippen molar-refractivity contribution in [3.8, 4) is 11.3 Å². The summed E-state index contributed by atoms with van der Waals surface area (Å²) in [6.07, 6.45) is 6.68. The highest BCUT2D eigenvalue weighted by Gasteiger charge is 2.37. The van der Waals surface area contributed by atoms with Gasteiger partial charge in [0.1, 0.15) is 10.6 Å².